The molecule has 2 aromatic carbocycles. The van der Waals surface area contributed by atoms with Gasteiger partial charge in [-0.3, -0.25) is 0 Å². The standard InChI is InChI=1S/C16H15FN2O/c1-2-16(11-3-6-14(20)7-4-11)19-13-5-8-15(17)12(9-13)10-18/h3-9,16,19-20H,2H2,1H3. The monoisotopic (exact) mass is 270 g/mol. The van der Waals surface area contributed by atoms with Crippen LogP contribution in [0.5, 0.6) is 5.75 Å². The number of phenolic OH excluding ortho intramolecular Hbond substituents is 1. The Morgan fingerprint density at radius 1 is 1.25 bits per heavy atom. The van der Waals surface area contributed by atoms with Crippen molar-refractivity contribution < 1.29 is 9.50 Å². The van der Waals surface area contributed by atoms with Crippen molar-refractivity contribution >= 4 is 5.69 Å². The van der Waals surface area contributed by atoms with Gasteiger partial charge < -0.3 is 10.4 Å². The molecule has 0 saturated heterocycles. The number of hydrogen-bond acceptors (Lipinski definition) is 3. The zero-order chi connectivity index (χ0) is 14.5. The lowest BCUT2D eigenvalue weighted by Crippen LogP contribution is -2.09. The highest BCUT2D eigenvalue weighted by molar-refractivity contribution is 5.51. The molecule has 0 aliphatic rings. The normalized spacial score (nSPS) is 11.7. The third-order valence-electron chi connectivity index (χ3n) is 3.13. The molecule has 0 spiro atoms. The maximum atomic E-state index is 13.3. The van der Waals surface area contributed by atoms with E-state index in [1.54, 1.807) is 18.2 Å². The molecule has 1 unspecified atom stereocenters. The zero-order valence-electron chi connectivity index (χ0n) is 11.1. The summed E-state index contributed by atoms with van der Waals surface area (Å²) >= 11 is 0. The second-order valence-electron chi connectivity index (χ2n) is 4.50. The molecule has 0 aliphatic carbocycles. The van der Waals surface area contributed by atoms with E-state index in [9.17, 15) is 9.50 Å². The number of nitrogens with one attached hydrogen (secondary N) is 1. The predicted molar refractivity (Wildman–Crippen MR) is 75.9 cm³/mol. The molecule has 102 valence electrons. The first-order valence-corrected chi connectivity index (χ1v) is 6.39. The summed E-state index contributed by atoms with van der Waals surface area (Å²) in [5.41, 5.74) is 1.74. The van der Waals surface area contributed by atoms with Crippen molar-refractivity contribution in [3.8, 4) is 11.8 Å². The van der Waals surface area contributed by atoms with Crippen LogP contribution >= 0.6 is 0 Å². The van der Waals surface area contributed by atoms with Gasteiger partial charge in [0.1, 0.15) is 17.6 Å². The van der Waals surface area contributed by atoms with Gasteiger partial charge in [0.15, 0.2) is 0 Å². The largest absolute Gasteiger partial charge is 0.508 e. The minimum Gasteiger partial charge on any atom is -0.508 e. The first-order chi connectivity index (χ1) is 9.63. The first kappa shape index (κ1) is 13.9. The number of halogens is 1. The Morgan fingerprint density at radius 2 is 1.95 bits per heavy atom. The Morgan fingerprint density at radius 3 is 2.55 bits per heavy atom. The molecule has 0 bridgehead atoms. The molecular formula is C16H15FN2O. The molecule has 2 N–H and O–H groups in total. The average molecular weight is 270 g/mol. The van der Waals surface area contributed by atoms with Crippen LogP contribution in [0.25, 0.3) is 0 Å². The predicted octanol–water partition coefficient (Wildman–Crippen LogP) is 3.97. The summed E-state index contributed by atoms with van der Waals surface area (Å²) < 4.78 is 13.3. The van der Waals surface area contributed by atoms with Gasteiger partial charge in [-0.25, -0.2) is 4.39 Å². The number of hydrogen-bond donors (Lipinski definition) is 2. The van der Waals surface area contributed by atoms with Gasteiger partial charge in [-0.1, -0.05) is 19.1 Å². The Kier molecular flexibility index (Phi) is 4.21. The van der Waals surface area contributed by atoms with E-state index in [2.05, 4.69) is 5.32 Å². The van der Waals surface area contributed by atoms with E-state index in [1.807, 2.05) is 25.1 Å². The van der Waals surface area contributed by atoms with Gasteiger partial charge in [0.2, 0.25) is 0 Å². The summed E-state index contributed by atoms with van der Waals surface area (Å²) in [5.74, 6) is -0.298. The van der Waals surface area contributed by atoms with Crippen LogP contribution in [0, 0.1) is 17.1 Å². The van der Waals surface area contributed by atoms with Crippen molar-refractivity contribution in [2.24, 2.45) is 0 Å². The Balaban J connectivity index is 2.22. The summed E-state index contributed by atoms with van der Waals surface area (Å²) in [4.78, 5) is 0. The Labute approximate surface area is 117 Å². The van der Waals surface area contributed by atoms with Crippen molar-refractivity contribution in [1.29, 1.82) is 5.26 Å². The van der Waals surface area contributed by atoms with Gasteiger partial charge in [-0.2, -0.15) is 5.26 Å². The van der Waals surface area contributed by atoms with E-state index in [0.717, 1.165) is 12.0 Å². The third-order valence-corrected chi connectivity index (χ3v) is 3.13. The highest BCUT2D eigenvalue weighted by Gasteiger charge is 2.10. The maximum Gasteiger partial charge on any atom is 0.141 e. The molecular weight excluding hydrogens is 255 g/mol. The number of nitriles is 1. The Bertz CT molecular complexity index is 632. The molecule has 0 heterocycles. The van der Waals surface area contributed by atoms with E-state index in [0.29, 0.717) is 5.69 Å². The lowest BCUT2D eigenvalue weighted by atomic mass is 10.0. The number of nitrogens with zero attached hydrogens (tertiary/aromatic N) is 1. The topological polar surface area (TPSA) is 56.0 Å². The van der Waals surface area contributed by atoms with Crippen LogP contribution in [-0.4, -0.2) is 5.11 Å². The minimum absolute atomic E-state index is 0.0237. The van der Waals surface area contributed by atoms with Crippen LogP contribution in [0.1, 0.15) is 30.5 Å². The molecule has 2 rings (SSSR count). The second-order valence-corrected chi connectivity index (χ2v) is 4.50. The lowest BCUT2D eigenvalue weighted by molar-refractivity contribution is 0.475. The zero-order valence-corrected chi connectivity index (χ0v) is 11.1. The van der Waals surface area contributed by atoms with Gasteiger partial charge in [-0.15, -0.1) is 0 Å². The van der Waals surface area contributed by atoms with E-state index in [4.69, 9.17) is 5.26 Å². The highest BCUT2D eigenvalue weighted by Crippen LogP contribution is 2.25. The second kappa shape index (κ2) is 6.07. The van der Waals surface area contributed by atoms with E-state index in [1.165, 1.54) is 12.1 Å². The van der Waals surface area contributed by atoms with Crippen molar-refractivity contribution in [3.05, 3.63) is 59.4 Å². The molecule has 0 saturated carbocycles. The van der Waals surface area contributed by atoms with Crippen LogP contribution in [0.15, 0.2) is 42.5 Å². The van der Waals surface area contributed by atoms with Crippen LogP contribution in [-0.2, 0) is 0 Å². The van der Waals surface area contributed by atoms with Crippen LogP contribution in [0.2, 0.25) is 0 Å². The van der Waals surface area contributed by atoms with E-state index in [-0.39, 0.29) is 17.4 Å². The van der Waals surface area contributed by atoms with Crippen molar-refractivity contribution in [2.45, 2.75) is 19.4 Å². The molecule has 3 nitrogen and oxygen atoms in total. The number of anilines is 1. The van der Waals surface area contributed by atoms with Crippen molar-refractivity contribution in [3.63, 3.8) is 0 Å². The average Bonchev–Trinajstić information content (AvgIpc) is 2.47. The molecule has 0 aliphatic heterocycles. The summed E-state index contributed by atoms with van der Waals surface area (Å²) in [6.07, 6.45) is 0.823. The van der Waals surface area contributed by atoms with Gasteiger partial charge >= 0.3 is 0 Å². The molecule has 0 amide bonds. The van der Waals surface area contributed by atoms with Crippen LogP contribution in [0.3, 0.4) is 0 Å². The molecule has 1 atom stereocenters. The number of benzene rings is 2. The smallest absolute Gasteiger partial charge is 0.141 e. The fraction of sp³-hybridized carbons (Fsp3) is 0.188. The number of aromatic hydroxyl groups is 1. The van der Waals surface area contributed by atoms with Gasteiger partial charge in [0.05, 0.1) is 11.6 Å². The summed E-state index contributed by atoms with van der Waals surface area (Å²) in [6, 6.07) is 13.2. The number of rotatable bonds is 4. The van der Waals surface area contributed by atoms with Gasteiger partial charge in [0.25, 0.3) is 0 Å². The third kappa shape index (κ3) is 3.07. The molecule has 0 radical (unpaired) electrons. The minimum atomic E-state index is -0.518. The molecule has 4 heteroatoms. The van der Waals surface area contributed by atoms with Crippen LogP contribution in [0.4, 0.5) is 10.1 Å². The fourth-order valence-electron chi connectivity index (χ4n) is 2.03. The summed E-state index contributed by atoms with van der Waals surface area (Å²) in [7, 11) is 0. The van der Waals surface area contributed by atoms with Gasteiger partial charge in [0, 0.05) is 5.69 Å². The van der Waals surface area contributed by atoms with E-state index >= 15 is 0 Å². The first-order valence-electron chi connectivity index (χ1n) is 6.39. The summed E-state index contributed by atoms with van der Waals surface area (Å²) in [5, 5.41) is 21.4. The van der Waals surface area contributed by atoms with Crippen molar-refractivity contribution in [1.82, 2.24) is 0 Å². The summed E-state index contributed by atoms with van der Waals surface area (Å²) in [6.45, 7) is 2.03. The molecule has 0 fully saturated rings. The molecule has 2 aromatic rings. The maximum absolute atomic E-state index is 13.3. The quantitative estimate of drug-likeness (QED) is 0.884. The van der Waals surface area contributed by atoms with E-state index < -0.39 is 5.82 Å². The Hall–Kier alpha value is -2.54. The van der Waals surface area contributed by atoms with Gasteiger partial charge in [-0.05, 0) is 42.3 Å². The van der Waals surface area contributed by atoms with Crippen molar-refractivity contribution in [2.75, 3.05) is 5.32 Å². The number of phenols is 1. The fourth-order valence-corrected chi connectivity index (χ4v) is 2.03. The SMILES string of the molecule is CCC(Nc1ccc(F)c(C#N)c1)c1ccc(O)cc1. The molecule has 20 heavy (non-hydrogen) atoms. The van der Waals surface area contributed by atoms with Crippen LogP contribution < -0.4 is 5.32 Å². The lowest BCUT2D eigenvalue weighted by Gasteiger charge is -2.19. The molecule has 0 aromatic heterocycles. The highest BCUT2D eigenvalue weighted by atomic mass is 19.1.